The van der Waals surface area contributed by atoms with Gasteiger partial charge in [-0.25, -0.2) is 4.79 Å². The number of non-ortho nitro benzene ring substituents is 1. The molecular weight excluding hydrogens is 358 g/mol. The second kappa shape index (κ2) is 10.8. The second-order valence-electron chi connectivity index (χ2n) is 6.37. The first-order chi connectivity index (χ1) is 13.5. The number of nitro groups is 1. The first kappa shape index (κ1) is 21.0. The van der Waals surface area contributed by atoms with Crippen LogP contribution in [0.4, 0.5) is 5.69 Å². The van der Waals surface area contributed by atoms with Crippen LogP contribution in [0.15, 0.2) is 54.6 Å². The Morgan fingerprint density at radius 1 is 1.00 bits per heavy atom. The van der Waals surface area contributed by atoms with Crippen LogP contribution >= 0.6 is 0 Å². The summed E-state index contributed by atoms with van der Waals surface area (Å²) in [4.78, 5) is 34.0. The maximum absolute atomic E-state index is 12.1. The van der Waals surface area contributed by atoms with Gasteiger partial charge in [0.1, 0.15) is 5.75 Å². The molecule has 0 N–H and O–H groups in total. The standard InChI is InChI=1S/C22H23NO5/c1-2-3-4-5-6-20(24)14-7-17-8-15-21(16-9-17)28-22(25)18-10-12-19(13-11-18)23(26)27/h7-16H,2-6H2,1H3. The molecule has 0 aromatic heterocycles. The lowest BCUT2D eigenvalue weighted by molar-refractivity contribution is -0.384. The number of unbranched alkanes of at least 4 members (excludes halogenated alkanes) is 3. The third kappa shape index (κ3) is 6.79. The minimum atomic E-state index is -0.597. The van der Waals surface area contributed by atoms with Crippen LogP contribution in [0.25, 0.3) is 6.08 Å². The monoisotopic (exact) mass is 381 g/mol. The van der Waals surface area contributed by atoms with Crippen LogP contribution in [0, 0.1) is 10.1 Å². The molecule has 2 aromatic carbocycles. The maximum atomic E-state index is 12.1. The second-order valence-corrected chi connectivity index (χ2v) is 6.37. The molecule has 146 valence electrons. The van der Waals surface area contributed by atoms with Crippen molar-refractivity contribution in [1.82, 2.24) is 0 Å². The number of ether oxygens (including phenoxy) is 1. The van der Waals surface area contributed by atoms with Gasteiger partial charge in [-0.3, -0.25) is 14.9 Å². The number of carbonyl (C=O) groups is 2. The number of allylic oxidation sites excluding steroid dienone is 1. The van der Waals surface area contributed by atoms with Crippen molar-refractivity contribution in [2.75, 3.05) is 0 Å². The number of hydrogen-bond donors (Lipinski definition) is 0. The van der Waals surface area contributed by atoms with E-state index in [9.17, 15) is 19.7 Å². The van der Waals surface area contributed by atoms with Gasteiger partial charge in [-0.1, -0.05) is 44.4 Å². The predicted octanol–water partition coefficient (Wildman–Crippen LogP) is 5.37. The number of hydrogen-bond acceptors (Lipinski definition) is 5. The number of carbonyl (C=O) groups excluding carboxylic acids is 2. The van der Waals surface area contributed by atoms with E-state index in [4.69, 9.17) is 4.74 Å². The van der Waals surface area contributed by atoms with Crippen molar-refractivity contribution in [2.45, 2.75) is 39.0 Å². The smallest absolute Gasteiger partial charge is 0.343 e. The summed E-state index contributed by atoms with van der Waals surface area (Å²) >= 11 is 0. The summed E-state index contributed by atoms with van der Waals surface area (Å²) in [5.74, 6) is -0.142. The highest BCUT2D eigenvalue weighted by Gasteiger charge is 2.11. The Kier molecular flexibility index (Phi) is 8.09. The molecule has 0 radical (unpaired) electrons. The van der Waals surface area contributed by atoms with Gasteiger partial charge in [-0.2, -0.15) is 0 Å². The number of nitro benzene ring substituents is 1. The van der Waals surface area contributed by atoms with Crippen LogP contribution in [0.5, 0.6) is 5.75 Å². The average Bonchev–Trinajstić information content (AvgIpc) is 2.70. The Bertz CT molecular complexity index is 838. The van der Waals surface area contributed by atoms with Crippen molar-refractivity contribution >= 4 is 23.5 Å². The summed E-state index contributed by atoms with van der Waals surface area (Å²) in [6.45, 7) is 2.13. The van der Waals surface area contributed by atoms with Crippen molar-refractivity contribution < 1.29 is 19.2 Å². The molecule has 0 heterocycles. The minimum absolute atomic E-state index is 0.0902. The van der Waals surface area contributed by atoms with Crippen LogP contribution < -0.4 is 4.74 Å². The quantitative estimate of drug-likeness (QED) is 0.138. The van der Waals surface area contributed by atoms with E-state index in [1.165, 1.54) is 24.3 Å². The molecule has 0 bridgehead atoms. The first-order valence-corrected chi connectivity index (χ1v) is 9.27. The van der Waals surface area contributed by atoms with E-state index >= 15 is 0 Å². The highest BCUT2D eigenvalue weighted by Crippen LogP contribution is 2.17. The number of benzene rings is 2. The Hall–Kier alpha value is -3.28. The molecule has 2 aromatic rings. The zero-order valence-corrected chi connectivity index (χ0v) is 15.8. The van der Waals surface area contributed by atoms with Gasteiger partial charge < -0.3 is 4.74 Å². The molecule has 28 heavy (non-hydrogen) atoms. The molecule has 0 atom stereocenters. The van der Waals surface area contributed by atoms with Gasteiger partial charge in [-0.05, 0) is 42.3 Å². The number of nitrogens with zero attached hydrogens (tertiary/aromatic N) is 1. The molecule has 0 amide bonds. The van der Waals surface area contributed by atoms with Gasteiger partial charge in [0, 0.05) is 18.6 Å². The van der Waals surface area contributed by atoms with Crippen LogP contribution in [0.3, 0.4) is 0 Å². The van der Waals surface area contributed by atoms with Crippen molar-refractivity contribution in [3.63, 3.8) is 0 Å². The summed E-state index contributed by atoms with van der Waals surface area (Å²) in [6.07, 6.45) is 8.15. The van der Waals surface area contributed by atoms with Gasteiger partial charge in [0.25, 0.3) is 5.69 Å². The zero-order valence-electron chi connectivity index (χ0n) is 15.8. The SMILES string of the molecule is CCCCCCC(=O)C=Cc1ccc(OC(=O)c2ccc([N+](=O)[O-])cc2)cc1. The van der Waals surface area contributed by atoms with E-state index in [0.717, 1.165) is 31.2 Å². The van der Waals surface area contributed by atoms with E-state index in [0.29, 0.717) is 12.2 Å². The van der Waals surface area contributed by atoms with E-state index < -0.39 is 10.9 Å². The Morgan fingerprint density at radius 2 is 1.68 bits per heavy atom. The molecule has 6 heteroatoms. The molecule has 0 spiro atoms. The molecule has 0 aliphatic heterocycles. The van der Waals surface area contributed by atoms with Gasteiger partial charge in [0.05, 0.1) is 10.5 Å². The van der Waals surface area contributed by atoms with Crippen LogP contribution in [0.2, 0.25) is 0 Å². The van der Waals surface area contributed by atoms with Crippen LogP contribution in [0.1, 0.15) is 54.9 Å². The van der Waals surface area contributed by atoms with Gasteiger partial charge in [-0.15, -0.1) is 0 Å². The largest absolute Gasteiger partial charge is 0.423 e. The number of esters is 1. The summed E-state index contributed by atoms with van der Waals surface area (Å²) < 4.78 is 5.26. The zero-order chi connectivity index (χ0) is 20.4. The molecule has 0 unspecified atom stereocenters. The predicted molar refractivity (Wildman–Crippen MR) is 107 cm³/mol. The van der Waals surface area contributed by atoms with E-state index in [-0.39, 0.29) is 17.0 Å². The van der Waals surface area contributed by atoms with E-state index in [1.54, 1.807) is 36.4 Å². The Balaban J connectivity index is 1.88. The van der Waals surface area contributed by atoms with Crippen LogP contribution in [-0.2, 0) is 4.79 Å². The molecular formula is C22H23NO5. The van der Waals surface area contributed by atoms with Crippen LogP contribution in [-0.4, -0.2) is 16.7 Å². The van der Waals surface area contributed by atoms with Gasteiger partial charge in [0.15, 0.2) is 5.78 Å². The average molecular weight is 381 g/mol. The summed E-state index contributed by atoms with van der Waals surface area (Å²) in [7, 11) is 0. The van der Waals surface area contributed by atoms with E-state index in [2.05, 4.69) is 6.92 Å². The first-order valence-electron chi connectivity index (χ1n) is 9.27. The van der Waals surface area contributed by atoms with Gasteiger partial charge in [0.2, 0.25) is 0 Å². The Morgan fingerprint density at radius 3 is 2.29 bits per heavy atom. The molecule has 6 nitrogen and oxygen atoms in total. The topological polar surface area (TPSA) is 86.5 Å². The number of ketones is 1. The lowest BCUT2D eigenvalue weighted by atomic mass is 10.1. The fourth-order valence-electron chi connectivity index (χ4n) is 2.53. The molecule has 0 saturated heterocycles. The normalized spacial score (nSPS) is 10.8. The minimum Gasteiger partial charge on any atom is -0.423 e. The van der Waals surface area contributed by atoms with Crippen molar-refractivity contribution in [3.05, 3.63) is 75.8 Å². The fraction of sp³-hybridized carbons (Fsp3) is 0.273. The highest BCUT2D eigenvalue weighted by molar-refractivity contribution is 5.93. The highest BCUT2D eigenvalue weighted by atomic mass is 16.6. The van der Waals surface area contributed by atoms with Crippen molar-refractivity contribution in [2.24, 2.45) is 0 Å². The number of rotatable bonds is 10. The molecule has 0 fully saturated rings. The molecule has 2 rings (SSSR count). The Labute approximate surface area is 164 Å². The maximum Gasteiger partial charge on any atom is 0.343 e. The summed E-state index contributed by atoms with van der Waals surface area (Å²) in [6, 6.07) is 12.0. The van der Waals surface area contributed by atoms with Gasteiger partial charge >= 0.3 is 5.97 Å². The van der Waals surface area contributed by atoms with Crippen molar-refractivity contribution in [1.29, 1.82) is 0 Å². The lowest BCUT2D eigenvalue weighted by Crippen LogP contribution is -2.08. The van der Waals surface area contributed by atoms with E-state index in [1.807, 2.05) is 0 Å². The molecule has 0 saturated carbocycles. The fourth-order valence-corrected chi connectivity index (χ4v) is 2.53. The molecule has 0 aliphatic rings. The summed E-state index contributed by atoms with van der Waals surface area (Å²) in [5.41, 5.74) is 0.966. The lowest BCUT2D eigenvalue weighted by Gasteiger charge is -2.04. The molecule has 0 aliphatic carbocycles. The third-order valence-corrected chi connectivity index (χ3v) is 4.14. The van der Waals surface area contributed by atoms with Crippen molar-refractivity contribution in [3.8, 4) is 5.75 Å². The summed E-state index contributed by atoms with van der Waals surface area (Å²) in [5, 5.41) is 10.6. The third-order valence-electron chi connectivity index (χ3n) is 4.14.